The highest BCUT2D eigenvalue weighted by Crippen LogP contribution is 2.47. The van der Waals surface area contributed by atoms with Crippen LogP contribution in [-0.2, 0) is 0 Å². The lowest BCUT2D eigenvalue weighted by molar-refractivity contribution is 0.134. The maximum Gasteiger partial charge on any atom is 0.0690 e. The lowest BCUT2D eigenvalue weighted by Crippen LogP contribution is -2.50. The molecule has 0 spiro atoms. The first-order chi connectivity index (χ1) is 16.3. The highest BCUT2D eigenvalue weighted by Gasteiger charge is 2.43. The van der Waals surface area contributed by atoms with Gasteiger partial charge in [0.2, 0.25) is 0 Å². The molecule has 2 aliphatic carbocycles. The van der Waals surface area contributed by atoms with E-state index in [9.17, 15) is 0 Å². The third-order valence-electron chi connectivity index (χ3n) is 7.90. The summed E-state index contributed by atoms with van der Waals surface area (Å²) < 4.78 is 0. The van der Waals surface area contributed by atoms with Crippen molar-refractivity contribution in [2.24, 2.45) is 23.7 Å². The first-order valence-corrected chi connectivity index (χ1v) is 12.3. The second kappa shape index (κ2) is 8.59. The summed E-state index contributed by atoms with van der Waals surface area (Å²) in [7, 11) is 0. The van der Waals surface area contributed by atoms with Gasteiger partial charge >= 0.3 is 0 Å². The van der Waals surface area contributed by atoms with E-state index in [1.807, 2.05) is 0 Å². The van der Waals surface area contributed by atoms with Gasteiger partial charge in [-0.2, -0.15) is 0 Å². The molecule has 3 heterocycles. The largest absolute Gasteiger partial charge is 0.384 e. The summed E-state index contributed by atoms with van der Waals surface area (Å²) in [6.07, 6.45) is 29.3. The normalized spacial score (nSPS) is 32.2. The van der Waals surface area contributed by atoms with Crippen LogP contribution >= 0.6 is 0 Å². The highest BCUT2D eigenvalue weighted by molar-refractivity contribution is 5.75. The van der Waals surface area contributed by atoms with Crippen LogP contribution in [0.4, 0.5) is 0 Å². The number of nitrogens with zero attached hydrogens (tertiary/aromatic N) is 1. The second-order valence-corrected chi connectivity index (χ2v) is 9.91. The second-order valence-electron chi connectivity index (χ2n) is 9.91. The Balaban J connectivity index is 1.35. The zero-order valence-electron chi connectivity index (χ0n) is 19.3. The number of allylic oxidation sites excluding steroid dienone is 11. The molecule has 1 aromatic carbocycles. The van der Waals surface area contributed by atoms with Gasteiger partial charge in [0, 0.05) is 30.9 Å². The van der Waals surface area contributed by atoms with Crippen molar-refractivity contribution in [2.75, 3.05) is 13.1 Å². The van der Waals surface area contributed by atoms with Crippen molar-refractivity contribution >= 4 is 5.57 Å². The fourth-order valence-corrected chi connectivity index (χ4v) is 6.21. The van der Waals surface area contributed by atoms with Crippen LogP contribution < -0.4 is 5.32 Å². The molecule has 5 aliphatic rings. The van der Waals surface area contributed by atoms with E-state index >= 15 is 0 Å². The number of rotatable bonds is 3. The Labute approximate surface area is 197 Å². The Bertz CT molecular complexity index is 1150. The molecule has 2 heteroatoms. The van der Waals surface area contributed by atoms with Crippen LogP contribution in [0.1, 0.15) is 18.9 Å². The van der Waals surface area contributed by atoms with Crippen molar-refractivity contribution in [2.45, 2.75) is 19.4 Å². The molecule has 3 aliphatic heterocycles. The van der Waals surface area contributed by atoms with Gasteiger partial charge in [0.15, 0.2) is 0 Å². The van der Waals surface area contributed by atoms with Crippen LogP contribution in [0.5, 0.6) is 0 Å². The maximum absolute atomic E-state index is 3.71. The number of hydrogen-bond donors (Lipinski definition) is 1. The average molecular weight is 433 g/mol. The van der Waals surface area contributed by atoms with Crippen LogP contribution in [0.15, 0.2) is 120 Å². The topological polar surface area (TPSA) is 15.3 Å². The molecule has 1 aromatic rings. The average Bonchev–Trinajstić information content (AvgIpc) is 2.89. The Hall–Kier alpha value is -3.26. The Morgan fingerprint density at radius 2 is 1.82 bits per heavy atom. The van der Waals surface area contributed by atoms with Crippen LogP contribution in [-0.4, -0.2) is 24.0 Å². The Morgan fingerprint density at radius 3 is 2.67 bits per heavy atom. The molecule has 1 fully saturated rings. The van der Waals surface area contributed by atoms with E-state index in [0.717, 1.165) is 19.5 Å². The van der Waals surface area contributed by atoms with Gasteiger partial charge in [0.05, 0.1) is 6.04 Å². The van der Waals surface area contributed by atoms with Crippen molar-refractivity contribution < 1.29 is 0 Å². The van der Waals surface area contributed by atoms with E-state index in [1.54, 1.807) is 5.57 Å². The standard InChI is InChI=1S/C31H32N2/c1-22-15-17-30(32-19-22)27-13-7-5-11-25(27)29-21-33-20-24(23-9-3-2-4-10-23)16-18-31(33)28-14-8-6-12-26(28)29/h2-11,13-18,20,25-27,29,31-32H,12,19,21H2,1H3/t25?,26?,27?,29-,31?/m1/s1. The number of piperidine rings is 1. The third-order valence-corrected chi connectivity index (χ3v) is 7.90. The van der Waals surface area contributed by atoms with Crippen molar-refractivity contribution in [3.8, 4) is 0 Å². The smallest absolute Gasteiger partial charge is 0.0690 e. The summed E-state index contributed by atoms with van der Waals surface area (Å²) in [5, 5.41) is 3.71. The summed E-state index contributed by atoms with van der Waals surface area (Å²) in [6, 6.07) is 11.2. The van der Waals surface area contributed by atoms with E-state index in [4.69, 9.17) is 0 Å². The summed E-state index contributed by atoms with van der Waals surface area (Å²) in [5.74, 6) is 2.06. The minimum Gasteiger partial charge on any atom is -0.384 e. The van der Waals surface area contributed by atoms with Crippen LogP contribution in [0, 0.1) is 23.7 Å². The van der Waals surface area contributed by atoms with Gasteiger partial charge in [-0.1, -0.05) is 96.7 Å². The molecular formula is C31H32N2. The summed E-state index contributed by atoms with van der Waals surface area (Å²) in [6.45, 7) is 4.24. The number of dihydropyridines is 1. The van der Waals surface area contributed by atoms with Crippen molar-refractivity contribution in [1.29, 1.82) is 0 Å². The van der Waals surface area contributed by atoms with Crippen molar-refractivity contribution in [3.63, 3.8) is 0 Å². The van der Waals surface area contributed by atoms with Crippen LogP contribution in [0.2, 0.25) is 0 Å². The predicted molar refractivity (Wildman–Crippen MR) is 138 cm³/mol. The monoisotopic (exact) mass is 432 g/mol. The molecule has 33 heavy (non-hydrogen) atoms. The Morgan fingerprint density at radius 1 is 0.939 bits per heavy atom. The molecule has 4 unspecified atom stereocenters. The fraction of sp³-hybridized carbons (Fsp3) is 0.290. The van der Waals surface area contributed by atoms with Gasteiger partial charge in [-0.3, -0.25) is 0 Å². The number of fused-ring (bicyclic) bond motifs is 3. The van der Waals surface area contributed by atoms with Gasteiger partial charge in [-0.15, -0.1) is 0 Å². The molecule has 0 bridgehead atoms. The summed E-state index contributed by atoms with van der Waals surface area (Å²) in [5.41, 5.74) is 6.94. The quantitative estimate of drug-likeness (QED) is 0.612. The van der Waals surface area contributed by atoms with E-state index in [2.05, 4.69) is 121 Å². The zero-order valence-corrected chi connectivity index (χ0v) is 19.3. The lowest BCUT2D eigenvalue weighted by Gasteiger charge is -2.50. The minimum atomic E-state index is 0.378. The van der Waals surface area contributed by atoms with Crippen molar-refractivity contribution in [3.05, 3.63) is 126 Å². The van der Waals surface area contributed by atoms with Gasteiger partial charge in [-0.25, -0.2) is 0 Å². The molecule has 6 rings (SSSR count). The van der Waals surface area contributed by atoms with Crippen molar-refractivity contribution in [1.82, 2.24) is 10.2 Å². The van der Waals surface area contributed by atoms with Gasteiger partial charge in [-0.05, 0) is 53.9 Å². The molecule has 1 saturated heterocycles. The van der Waals surface area contributed by atoms with E-state index in [-0.39, 0.29) is 0 Å². The number of nitrogens with one attached hydrogen (secondary N) is 1. The molecule has 5 atom stereocenters. The van der Waals surface area contributed by atoms with Gasteiger partial charge < -0.3 is 10.2 Å². The summed E-state index contributed by atoms with van der Waals surface area (Å²) >= 11 is 0. The zero-order chi connectivity index (χ0) is 22.2. The maximum atomic E-state index is 3.71. The minimum absolute atomic E-state index is 0.378. The molecule has 0 saturated carbocycles. The van der Waals surface area contributed by atoms with Crippen LogP contribution in [0.25, 0.3) is 5.57 Å². The van der Waals surface area contributed by atoms with Gasteiger partial charge in [0.1, 0.15) is 0 Å². The molecule has 166 valence electrons. The summed E-state index contributed by atoms with van der Waals surface area (Å²) in [4.78, 5) is 2.60. The van der Waals surface area contributed by atoms with E-state index in [1.165, 1.54) is 22.4 Å². The van der Waals surface area contributed by atoms with E-state index < -0.39 is 0 Å². The first-order valence-electron chi connectivity index (χ1n) is 12.3. The molecule has 1 N–H and O–H groups in total. The van der Waals surface area contributed by atoms with Gasteiger partial charge in [0.25, 0.3) is 0 Å². The molecule has 0 amide bonds. The molecular weight excluding hydrogens is 400 g/mol. The predicted octanol–water partition coefficient (Wildman–Crippen LogP) is 6.19. The lowest BCUT2D eigenvalue weighted by atomic mass is 9.64. The number of benzene rings is 1. The fourth-order valence-electron chi connectivity index (χ4n) is 6.21. The first kappa shape index (κ1) is 20.4. The van der Waals surface area contributed by atoms with Crippen LogP contribution in [0.3, 0.4) is 0 Å². The Kier molecular flexibility index (Phi) is 5.30. The molecule has 0 radical (unpaired) electrons. The van der Waals surface area contributed by atoms with E-state index in [0.29, 0.717) is 29.7 Å². The third kappa shape index (κ3) is 3.78. The molecule has 2 nitrogen and oxygen atoms in total. The highest BCUT2D eigenvalue weighted by atomic mass is 15.2. The molecule has 0 aromatic heterocycles. The SMILES string of the molecule is CC1=CC=C(C2C=CC=CC2[C@H]2CN3C=C(c4ccccc4)C=CC3C3=CC=CCC32)NC1. The number of hydrogen-bond acceptors (Lipinski definition) is 2.